The number of nitrogens with zero attached hydrogens (tertiary/aromatic N) is 3. The first-order chi connectivity index (χ1) is 40.4. The highest BCUT2D eigenvalue weighted by atomic mass is 19.4. The van der Waals surface area contributed by atoms with E-state index in [0.717, 1.165) is 48.0 Å². The summed E-state index contributed by atoms with van der Waals surface area (Å²) >= 11 is 0. The van der Waals surface area contributed by atoms with Crippen molar-refractivity contribution in [2.75, 3.05) is 195 Å². The molecule has 0 radical (unpaired) electrons. The van der Waals surface area contributed by atoms with Crippen LogP contribution in [0.2, 0.25) is 0 Å². The predicted molar refractivity (Wildman–Crippen MR) is 310 cm³/mol. The number of rotatable bonds is 47. The average Bonchev–Trinajstić information content (AvgIpc) is 2.11. The molecule has 2 aliphatic rings. The maximum absolute atomic E-state index is 13.8. The summed E-state index contributed by atoms with van der Waals surface area (Å²) in [4.78, 5) is 44.7. The molecule has 3 amide bonds. The third kappa shape index (κ3) is 25.8. The van der Waals surface area contributed by atoms with Crippen LogP contribution in [0.25, 0.3) is 5.57 Å². The van der Waals surface area contributed by atoms with Gasteiger partial charge in [0.05, 0.1) is 151 Å². The minimum absolute atomic E-state index is 0.0361. The fraction of sp³-hybridized carbons (Fsp3) is 0.607. The molecule has 83 heavy (non-hydrogen) atoms. The van der Waals surface area contributed by atoms with Crippen molar-refractivity contribution in [3.05, 3.63) is 101 Å². The highest BCUT2D eigenvalue weighted by Crippen LogP contribution is 2.55. The van der Waals surface area contributed by atoms with Gasteiger partial charge in [0, 0.05) is 80.6 Å². The lowest BCUT2D eigenvalue weighted by Crippen LogP contribution is -2.53. The van der Waals surface area contributed by atoms with Crippen LogP contribution in [-0.2, 0) is 80.7 Å². The van der Waals surface area contributed by atoms with Gasteiger partial charge in [-0.05, 0) is 92.6 Å². The van der Waals surface area contributed by atoms with E-state index >= 15 is 0 Å². The lowest BCUT2D eigenvalue weighted by Gasteiger charge is -2.34. The third-order valence-electron chi connectivity index (χ3n) is 13.8. The maximum atomic E-state index is 13.8. The van der Waals surface area contributed by atoms with Gasteiger partial charge in [0.1, 0.15) is 0 Å². The molecule has 1 unspecified atom stereocenters. The van der Waals surface area contributed by atoms with Crippen LogP contribution in [0.5, 0.6) is 0 Å². The Morgan fingerprint density at radius 2 is 1.18 bits per heavy atom. The molecule has 0 aromatic heterocycles. The van der Waals surface area contributed by atoms with E-state index in [4.69, 9.17) is 57.5 Å². The Morgan fingerprint density at radius 3 is 1.72 bits per heavy atom. The van der Waals surface area contributed by atoms with Gasteiger partial charge in [0.15, 0.2) is 0 Å². The number of nitrogens with one attached hydrogen (secondary N) is 2. The molecule has 1 aliphatic carbocycles. The Kier molecular flexibility index (Phi) is 32.4. The van der Waals surface area contributed by atoms with Gasteiger partial charge >= 0.3 is 6.18 Å². The molecule has 22 heteroatoms. The largest absolute Gasteiger partial charge is 0.416 e. The molecular weight excluding hydrogens is 1080 g/mol. The van der Waals surface area contributed by atoms with E-state index in [2.05, 4.69) is 24.1 Å². The van der Waals surface area contributed by atoms with Crippen LogP contribution in [0.1, 0.15) is 65.7 Å². The molecule has 3 aromatic carbocycles. The number of allylic oxidation sites excluding steroid dienone is 2. The summed E-state index contributed by atoms with van der Waals surface area (Å²) in [7, 11) is 1.63. The summed E-state index contributed by atoms with van der Waals surface area (Å²) in [6.07, 6.45) is 1.25. The number of carbonyl (C=O) groups is 3. The number of methoxy groups -OCH3 is 1. The monoisotopic (exact) mass is 1170 g/mol. The van der Waals surface area contributed by atoms with Crippen molar-refractivity contribution in [2.45, 2.75) is 52.1 Å². The lowest BCUT2D eigenvalue weighted by molar-refractivity contribution is -0.146. The molecule has 3 aromatic rings. The SMILES string of the molecule is CCN(CC)c1ccc(NC(=O)c2cccc(CCCOCCOCCOCCOCCC(=O)N3CCN(CCOCCOCCOCCOCCOCCOCCOC)C(=O)C3)c2)c(C2=CC2(C=N)CCc2cccc(C(F)(F)F)c2)c1. The molecule has 0 spiro atoms. The first kappa shape index (κ1) is 68.4. The number of hydrogen-bond acceptors (Lipinski definition) is 16. The summed E-state index contributed by atoms with van der Waals surface area (Å²) in [5.41, 5.74) is 3.79. The van der Waals surface area contributed by atoms with E-state index in [1.54, 1.807) is 29.0 Å². The number of alkyl halides is 3. The van der Waals surface area contributed by atoms with Crippen LogP contribution in [0.4, 0.5) is 24.5 Å². The molecular formula is C61H88F3N5O14. The van der Waals surface area contributed by atoms with Gasteiger partial charge in [-0.3, -0.25) is 14.4 Å². The average molecular weight is 1170 g/mol. The number of hydrogen-bond donors (Lipinski definition) is 2. The van der Waals surface area contributed by atoms with Crippen LogP contribution >= 0.6 is 0 Å². The zero-order valence-electron chi connectivity index (χ0n) is 48.8. The van der Waals surface area contributed by atoms with E-state index in [9.17, 15) is 27.6 Å². The summed E-state index contributed by atoms with van der Waals surface area (Å²) in [5, 5.41) is 11.5. The molecule has 1 fully saturated rings. The molecule has 1 heterocycles. The van der Waals surface area contributed by atoms with E-state index in [1.165, 1.54) is 18.3 Å². The van der Waals surface area contributed by atoms with Gasteiger partial charge in [0.2, 0.25) is 11.8 Å². The number of piperazine rings is 1. The molecule has 0 bridgehead atoms. The first-order valence-electron chi connectivity index (χ1n) is 28.9. The van der Waals surface area contributed by atoms with Crippen molar-refractivity contribution in [1.29, 1.82) is 5.41 Å². The fourth-order valence-corrected chi connectivity index (χ4v) is 9.05. The minimum atomic E-state index is -4.44. The van der Waals surface area contributed by atoms with Crippen LogP contribution in [0.3, 0.4) is 0 Å². The minimum Gasteiger partial charge on any atom is -0.382 e. The smallest absolute Gasteiger partial charge is 0.382 e. The predicted octanol–water partition coefficient (Wildman–Crippen LogP) is 7.28. The second kappa shape index (κ2) is 39.3. The number of amides is 3. The Morgan fingerprint density at radius 1 is 0.651 bits per heavy atom. The van der Waals surface area contributed by atoms with Crippen LogP contribution in [0, 0.1) is 10.8 Å². The number of carbonyl (C=O) groups excluding carboxylic acids is 3. The number of anilines is 2. The Balaban J connectivity index is 0.837. The molecule has 1 aliphatic heterocycles. The maximum Gasteiger partial charge on any atom is 0.416 e. The summed E-state index contributed by atoms with van der Waals surface area (Å²) in [6, 6.07) is 18.6. The number of benzene rings is 3. The Labute approximate surface area is 487 Å². The van der Waals surface area contributed by atoms with Gasteiger partial charge in [-0.25, -0.2) is 0 Å². The summed E-state index contributed by atoms with van der Waals surface area (Å²) in [5.74, 6) is -0.520. The van der Waals surface area contributed by atoms with Crippen molar-refractivity contribution in [2.24, 2.45) is 5.41 Å². The van der Waals surface area contributed by atoms with Gasteiger partial charge in [0.25, 0.3) is 5.91 Å². The third-order valence-corrected chi connectivity index (χ3v) is 13.8. The Bertz CT molecular complexity index is 2400. The van der Waals surface area contributed by atoms with Crippen molar-refractivity contribution < 1.29 is 79.7 Å². The van der Waals surface area contributed by atoms with E-state index < -0.39 is 17.2 Å². The molecule has 1 atom stereocenters. The van der Waals surface area contributed by atoms with Crippen molar-refractivity contribution in [1.82, 2.24) is 9.80 Å². The van der Waals surface area contributed by atoms with E-state index in [-0.39, 0.29) is 37.3 Å². The van der Waals surface area contributed by atoms with Gasteiger partial charge in [-0.2, -0.15) is 13.2 Å². The molecule has 5 rings (SSSR count). The number of aryl methyl sites for hydroxylation is 2. The normalized spacial score (nSPS) is 15.2. The van der Waals surface area contributed by atoms with Crippen LogP contribution < -0.4 is 10.2 Å². The lowest BCUT2D eigenvalue weighted by atomic mass is 9.89. The standard InChI is InChI=1S/C61H88F3N5O14/c1-4-67(5-2)53-14-15-56(54(45-53)55-46-60(55,48-65)18-16-50-10-7-13-52(44-50)61(62,63)64)66-59(72)51-12-6-9-49(43-51)11-8-22-74-27-30-78-35-36-79-31-28-75-23-17-57(70)69-20-19-68(58(71)47-69)21-24-76-29-32-80-37-38-82-41-42-83-40-39-81-34-33-77-26-25-73-3/h6-7,9-10,12-15,43-46,48,65H,4-5,8,11,16-42,47H2,1-3H3,(H,66,72). The quantitative estimate of drug-likeness (QED) is 0.0423. The van der Waals surface area contributed by atoms with Crippen LogP contribution in [-0.4, -0.2) is 219 Å². The molecule has 1 saturated heterocycles. The second-order valence-electron chi connectivity index (χ2n) is 19.7. The molecule has 0 saturated carbocycles. The number of ether oxygens (including phenoxy) is 11. The van der Waals surface area contributed by atoms with Gasteiger partial charge in [-0.1, -0.05) is 36.4 Å². The Hall–Kier alpha value is -5.37. The molecule has 19 nitrogen and oxygen atoms in total. The van der Waals surface area contributed by atoms with Gasteiger partial charge < -0.3 is 77.5 Å². The second-order valence-corrected chi connectivity index (χ2v) is 19.7. The van der Waals surface area contributed by atoms with Crippen molar-refractivity contribution in [3.8, 4) is 0 Å². The molecule has 2 N–H and O–H groups in total. The zero-order chi connectivity index (χ0) is 59.4. The highest BCUT2D eigenvalue weighted by Gasteiger charge is 2.44. The zero-order valence-corrected chi connectivity index (χ0v) is 48.8. The number of halogens is 3. The molecule has 462 valence electrons. The topological polar surface area (TPSA) is 198 Å². The summed E-state index contributed by atoms with van der Waals surface area (Å²) in [6.45, 7) is 16.3. The van der Waals surface area contributed by atoms with Crippen LogP contribution in [0.15, 0.2) is 72.8 Å². The van der Waals surface area contributed by atoms with Gasteiger partial charge in [-0.15, -0.1) is 0 Å². The highest BCUT2D eigenvalue weighted by molar-refractivity contribution is 6.09. The first-order valence-corrected chi connectivity index (χ1v) is 28.9. The summed E-state index contributed by atoms with van der Waals surface area (Å²) < 4.78 is 101. The van der Waals surface area contributed by atoms with E-state index in [0.29, 0.717) is 188 Å². The fourth-order valence-electron chi connectivity index (χ4n) is 9.05. The van der Waals surface area contributed by atoms with Crippen molar-refractivity contribution in [3.63, 3.8) is 0 Å². The van der Waals surface area contributed by atoms with Crippen molar-refractivity contribution >= 4 is 40.9 Å². The van der Waals surface area contributed by atoms with E-state index in [1.807, 2.05) is 42.5 Å².